The fourth-order valence-electron chi connectivity index (χ4n) is 2.08. The molecule has 3 rings (SSSR count). The second-order valence-electron chi connectivity index (χ2n) is 4.85. The van der Waals surface area contributed by atoms with Crippen molar-refractivity contribution >= 4 is 11.7 Å². The van der Waals surface area contributed by atoms with Crippen LogP contribution in [0.5, 0.6) is 0 Å². The largest absolute Gasteiger partial charge is 0.478 e. The van der Waals surface area contributed by atoms with Crippen molar-refractivity contribution in [3.63, 3.8) is 0 Å². The quantitative estimate of drug-likeness (QED) is 0.744. The summed E-state index contributed by atoms with van der Waals surface area (Å²) in [5, 5.41) is 16.9. The van der Waals surface area contributed by atoms with Crippen molar-refractivity contribution in [1.82, 2.24) is 10.2 Å². The van der Waals surface area contributed by atoms with Crippen LogP contribution in [0.4, 0.5) is 5.69 Å². The van der Waals surface area contributed by atoms with Gasteiger partial charge in [-0.15, -0.1) is 10.2 Å². The molecule has 0 radical (unpaired) electrons. The van der Waals surface area contributed by atoms with E-state index in [0.29, 0.717) is 16.8 Å². The van der Waals surface area contributed by atoms with E-state index < -0.39 is 5.97 Å². The van der Waals surface area contributed by atoms with Gasteiger partial charge in [0.05, 0.1) is 5.56 Å². The van der Waals surface area contributed by atoms with Gasteiger partial charge in [-0.25, -0.2) is 4.79 Å². The van der Waals surface area contributed by atoms with Crippen LogP contribution in [0.15, 0.2) is 52.9 Å². The molecular weight excluding hydrogens is 298 g/mol. The summed E-state index contributed by atoms with van der Waals surface area (Å²) >= 11 is 0. The highest BCUT2D eigenvalue weighted by Crippen LogP contribution is 2.26. The molecule has 0 unspecified atom stereocenters. The fourth-order valence-corrected chi connectivity index (χ4v) is 2.08. The Morgan fingerprint density at radius 1 is 1.04 bits per heavy atom. The van der Waals surface area contributed by atoms with Gasteiger partial charge >= 0.3 is 5.97 Å². The summed E-state index contributed by atoms with van der Waals surface area (Å²) in [7, 11) is 1.40. The van der Waals surface area contributed by atoms with Gasteiger partial charge in [0.1, 0.15) is 0 Å². The number of benzene rings is 2. The van der Waals surface area contributed by atoms with Crippen LogP contribution < -0.4 is 0 Å². The van der Waals surface area contributed by atoms with E-state index in [2.05, 4.69) is 10.2 Å². The first-order valence-corrected chi connectivity index (χ1v) is 6.73. The standard InChI is InChI=1S/C16H11N3O4/c1-19(22)13-7-3-5-11(9-13)15-18-17-14(23-15)10-4-2-6-12(8-10)16(20)21/h2-9H,1H3/p+1. The van der Waals surface area contributed by atoms with Crippen molar-refractivity contribution in [2.24, 2.45) is 0 Å². The molecule has 0 bridgehead atoms. The Kier molecular flexibility index (Phi) is 3.68. The first-order valence-electron chi connectivity index (χ1n) is 6.73. The number of rotatable bonds is 4. The van der Waals surface area contributed by atoms with Crippen LogP contribution in [0.1, 0.15) is 10.4 Å². The SMILES string of the molecule is C[N+](=O)c1cccc(-c2nnc(-c3cccc(C(=O)O)c3)o2)c1. The van der Waals surface area contributed by atoms with Crippen molar-refractivity contribution in [3.05, 3.63) is 59.0 Å². The number of carboxylic acids is 1. The van der Waals surface area contributed by atoms with Gasteiger partial charge in [-0.1, -0.05) is 12.1 Å². The maximum atomic E-state index is 11.4. The minimum absolute atomic E-state index is 0.136. The summed E-state index contributed by atoms with van der Waals surface area (Å²) in [5.74, 6) is -0.564. The van der Waals surface area contributed by atoms with E-state index in [1.54, 1.807) is 36.4 Å². The van der Waals surface area contributed by atoms with Gasteiger partial charge in [0, 0.05) is 32.9 Å². The Morgan fingerprint density at radius 3 is 2.26 bits per heavy atom. The lowest BCUT2D eigenvalue weighted by molar-refractivity contribution is -0.428. The van der Waals surface area contributed by atoms with Gasteiger partial charge in [0.2, 0.25) is 11.8 Å². The van der Waals surface area contributed by atoms with Crippen LogP contribution in [0.3, 0.4) is 0 Å². The highest BCUT2D eigenvalue weighted by molar-refractivity contribution is 5.89. The van der Waals surface area contributed by atoms with E-state index >= 15 is 0 Å². The molecule has 0 spiro atoms. The van der Waals surface area contributed by atoms with E-state index in [4.69, 9.17) is 9.52 Å². The van der Waals surface area contributed by atoms with E-state index in [9.17, 15) is 9.70 Å². The zero-order chi connectivity index (χ0) is 16.4. The van der Waals surface area contributed by atoms with Crippen molar-refractivity contribution in [3.8, 4) is 22.9 Å². The lowest BCUT2D eigenvalue weighted by atomic mass is 10.1. The van der Waals surface area contributed by atoms with E-state index in [1.807, 2.05) is 0 Å². The summed E-state index contributed by atoms with van der Waals surface area (Å²) in [6.45, 7) is 0. The maximum Gasteiger partial charge on any atom is 0.335 e. The first kappa shape index (κ1) is 14.6. The molecule has 23 heavy (non-hydrogen) atoms. The summed E-state index contributed by atoms with van der Waals surface area (Å²) in [4.78, 5) is 22.4. The molecule has 0 aliphatic rings. The molecule has 7 nitrogen and oxygen atoms in total. The molecule has 0 aliphatic heterocycles. The number of nitroso groups, excluding NO2 is 1. The number of carbonyl (C=O) groups is 1. The smallest absolute Gasteiger partial charge is 0.335 e. The van der Waals surface area contributed by atoms with Gasteiger partial charge in [0.15, 0.2) is 7.05 Å². The third kappa shape index (κ3) is 2.98. The van der Waals surface area contributed by atoms with Gasteiger partial charge in [-0.3, -0.25) is 0 Å². The average molecular weight is 310 g/mol. The van der Waals surface area contributed by atoms with Gasteiger partial charge in [-0.2, -0.15) is 0 Å². The predicted molar refractivity (Wildman–Crippen MR) is 81.3 cm³/mol. The molecule has 7 heteroatoms. The van der Waals surface area contributed by atoms with Crippen molar-refractivity contribution in [2.45, 2.75) is 0 Å². The van der Waals surface area contributed by atoms with Gasteiger partial charge in [-0.05, 0) is 24.3 Å². The molecule has 1 N–H and O–H groups in total. The van der Waals surface area contributed by atoms with Crippen LogP contribution in [0.25, 0.3) is 22.9 Å². The fraction of sp³-hybridized carbons (Fsp3) is 0.0625. The van der Waals surface area contributed by atoms with Crippen molar-refractivity contribution < 1.29 is 19.1 Å². The monoisotopic (exact) mass is 310 g/mol. The number of nitrogens with zero attached hydrogens (tertiary/aromatic N) is 3. The minimum Gasteiger partial charge on any atom is -0.478 e. The maximum absolute atomic E-state index is 11.4. The molecule has 0 atom stereocenters. The number of hydrogen-bond acceptors (Lipinski definition) is 5. The molecule has 3 aromatic rings. The Bertz CT molecular complexity index is 830. The highest BCUT2D eigenvalue weighted by Gasteiger charge is 2.15. The Hall–Kier alpha value is -3.35. The second kappa shape index (κ2) is 5.80. The minimum atomic E-state index is -1.03. The van der Waals surface area contributed by atoms with Crippen molar-refractivity contribution in [2.75, 3.05) is 7.05 Å². The molecule has 114 valence electrons. The van der Waals surface area contributed by atoms with Crippen LogP contribution >= 0.6 is 0 Å². The molecule has 0 saturated carbocycles. The molecule has 2 aromatic carbocycles. The summed E-state index contributed by atoms with van der Waals surface area (Å²) < 4.78 is 6.32. The Labute approximate surface area is 130 Å². The predicted octanol–water partition coefficient (Wildman–Crippen LogP) is 3.14. The normalized spacial score (nSPS) is 10.5. The zero-order valence-electron chi connectivity index (χ0n) is 12.1. The van der Waals surface area contributed by atoms with E-state index in [-0.39, 0.29) is 17.3 Å². The lowest BCUT2D eigenvalue weighted by Gasteiger charge is -1.97. The average Bonchev–Trinajstić information content (AvgIpc) is 3.05. The van der Waals surface area contributed by atoms with Crippen molar-refractivity contribution in [1.29, 1.82) is 0 Å². The third-order valence-electron chi connectivity index (χ3n) is 3.24. The lowest BCUT2D eigenvalue weighted by Crippen LogP contribution is -1.95. The second-order valence-corrected chi connectivity index (χ2v) is 4.85. The third-order valence-corrected chi connectivity index (χ3v) is 3.24. The topological polar surface area (TPSA) is 96.3 Å². The van der Waals surface area contributed by atoms with Crippen LogP contribution in [-0.4, -0.2) is 33.1 Å². The highest BCUT2D eigenvalue weighted by atomic mass is 16.4. The molecular formula is C16H12N3O4+. The molecule has 0 amide bonds. The molecule has 0 saturated heterocycles. The van der Waals surface area contributed by atoms with Gasteiger partial charge in [0.25, 0.3) is 5.69 Å². The number of hydrogen-bond donors (Lipinski definition) is 1. The number of aromatic nitrogens is 2. The van der Waals surface area contributed by atoms with E-state index in [0.717, 1.165) is 4.76 Å². The van der Waals surface area contributed by atoms with E-state index in [1.165, 1.54) is 19.2 Å². The van der Waals surface area contributed by atoms with Crippen LogP contribution in [0, 0.1) is 4.91 Å². The Balaban J connectivity index is 1.97. The van der Waals surface area contributed by atoms with Crippen LogP contribution in [-0.2, 0) is 0 Å². The summed E-state index contributed by atoms with van der Waals surface area (Å²) in [6, 6.07) is 13.0. The molecule has 1 heterocycles. The number of carboxylic acid groups (broad SMARTS) is 1. The molecule has 0 aliphatic carbocycles. The first-order chi connectivity index (χ1) is 11.0. The van der Waals surface area contributed by atoms with Crippen LogP contribution in [0.2, 0.25) is 0 Å². The Morgan fingerprint density at radius 2 is 1.65 bits per heavy atom. The zero-order valence-corrected chi connectivity index (χ0v) is 12.1. The molecule has 1 aromatic heterocycles. The summed E-state index contributed by atoms with van der Waals surface area (Å²) in [5.41, 5.74) is 1.73. The number of aromatic carboxylic acids is 1. The van der Waals surface area contributed by atoms with Gasteiger partial charge < -0.3 is 9.52 Å². The summed E-state index contributed by atoms with van der Waals surface area (Å²) in [6.07, 6.45) is 0. The molecule has 0 fully saturated rings.